The Labute approximate surface area is 133 Å². The van der Waals surface area contributed by atoms with E-state index >= 15 is 0 Å². The maximum absolute atomic E-state index is 12.6. The van der Waals surface area contributed by atoms with Crippen LogP contribution in [0, 0.1) is 0 Å². The van der Waals surface area contributed by atoms with Gasteiger partial charge < -0.3 is 14.4 Å². The van der Waals surface area contributed by atoms with E-state index in [-0.39, 0.29) is 11.8 Å². The van der Waals surface area contributed by atoms with Crippen LogP contribution >= 0.6 is 0 Å². The second-order valence-electron chi connectivity index (χ2n) is 5.70. The largest absolute Gasteiger partial charge is 0.365 e. The Morgan fingerprint density at radius 1 is 1.26 bits per heavy atom. The molecule has 1 fully saturated rings. The van der Waals surface area contributed by atoms with Gasteiger partial charge in [0.05, 0.1) is 23.9 Å². The van der Waals surface area contributed by atoms with Gasteiger partial charge in [-0.15, -0.1) is 0 Å². The summed E-state index contributed by atoms with van der Waals surface area (Å²) in [4.78, 5) is 21.6. The molecular weight excluding hydrogens is 292 g/mol. The fourth-order valence-corrected chi connectivity index (χ4v) is 3.01. The number of rotatable bonds is 3. The first kappa shape index (κ1) is 13.8. The van der Waals surface area contributed by atoms with E-state index in [1.54, 1.807) is 18.8 Å². The summed E-state index contributed by atoms with van der Waals surface area (Å²) in [5, 5.41) is 3.98. The van der Waals surface area contributed by atoms with Crippen molar-refractivity contribution in [2.24, 2.45) is 0 Å². The molecule has 23 heavy (non-hydrogen) atoms. The molecular formula is C17H16N4O2. The molecule has 0 aliphatic carbocycles. The molecule has 0 radical (unpaired) electrons. The molecule has 1 atom stereocenters. The van der Waals surface area contributed by atoms with Crippen LogP contribution in [0.3, 0.4) is 0 Å². The number of benzene rings is 1. The van der Waals surface area contributed by atoms with Crippen LogP contribution in [0.1, 0.15) is 28.4 Å². The van der Waals surface area contributed by atoms with Gasteiger partial charge in [0.2, 0.25) is 0 Å². The molecule has 1 N–H and O–H groups in total. The van der Waals surface area contributed by atoms with Gasteiger partial charge in [0.1, 0.15) is 6.26 Å². The van der Waals surface area contributed by atoms with Crippen molar-refractivity contribution in [1.29, 1.82) is 0 Å². The van der Waals surface area contributed by atoms with Crippen molar-refractivity contribution in [2.75, 3.05) is 13.1 Å². The molecule has 4 rings (SSSR count). The molecule has 1 unspecified atom stereocenters. The van der Waals surface area contributed by atoms with E-state index < -0.39 is 0 Å². The lowest BCUT2D eigenvalue weighted by Crippen LogP contribution is -2.28. The van der Waals surface area contributed by atoms with Crippen LogP contribution < -0.4 is 0 Å². The summed E-state index contributed by atoms with van der Waals surface area (Å²) in [5.41, 5.74) is 3.58. The summed E-state index contributed by atoms with van der Waals surface area (Å²) in [7, 11) is 0. The lowest BCUT2D eigenvalue weighted by atomic mass is 10.1. The molecule has 0 saturated carbocycles. The van der Waals surface area contributed by atoms with Crippen molar-refractivity contribution >= 4 is 5.91 Å². The number of hydrogen-bond acceptors (Lipinski definition) is 4. The molecule has 1 aliphatic rings. The van der Waals surface area contributed by atoms with Crippen molar-refractivity contribution in [3.8, 4) is 11.3 Å². The smallest absolute Gasteiger partial charge is 0.253 e. The Kier molecular flexibility index (Phi) is 3.42. The zero-order valence-corrected chi connectivity index (χ0v) is 12.5. The van der Waals surface area contributed by atoms with E-state index in [9.17, 15) is 4.79 Å². The van der Waals surface area contributed by atoms with Gasteiger partial charge in [-0.05, 0) is 24.1 Å². The first-order valence-electron chi connectivity index (χ1n) is 7.59. The minimum atomic E-state index is 0.0622. The van der Waals surface area contributed by atoms with Crippen LogP contribution in [0.15, 0.2) is 53.6 Å². The van der Waals surface area contributed by atoms with E-state index in [0.717, 1.165) is 29.9 Å². The van der Waals surface area contributed by atoms with Gasteiger partial charge in [0.15, 0.2) is 0 Å². The third-order valence-electron chi connectivity index (χ3n) is 4.29. The number of amides is 1. The standard InChI is InChI=1S/C17H16N4O2/c22-17(21-7-5-14(10-21)15-6-8-23-20-15)13-3-1-12(2-4-13)16-9-18-11-19-16/h1-4,6,8-9,11,14H,5,7,10H2,(H,18,19). The highest BCUT2D eigenvalue weighted by atomic mass is 16.5. The molecule has 0 spiro atoms. The average molecular weight is 308 g/mol. The lowest BCUT2D eigenvalue weighted by molar-refractivity contribution is 0.0790. The second kappa shape index (κ2) is 5.72. The molecule has 0 bridgehead atoms. The number of aromatic nitrogens is 3. The summed E-state index contributed by atoms with van der Waals surface area (Å²) < 4.78 is 4.89. The summed E-state index contributed by atoms with van der Waals surface area (Å²) in [6.45, 7) is 1.44. The molecule has 3 aromatic rings. The van der Waals surface area contributed by atoms with Crippen LogP contribution in [-0.4, -0.2) is 39.0 Å². The van der Waals surface area contributed by atoms with Crippen molar-refractivity contribution in [1.82, 2.24) is 20.0 Å². The van der Waals surface area contributed by atoms with Crippen LogP contribution in [0.5, 0.6) is 0 Å². The number of imidazole rings is 1. The zero-order valence-electron chi connectivity index (χ0n) is 12.5. The Balaban J connectivity index is 1.47. The predicted octanol–water partition coefficient (Wildman–Crippen LogP) is 2.69. The van der Waals surface area contributed by atoms with Gasteiger partial charge in [0.25, 0.3) is 5.91 Å². The number of nitrogens with one attached hydrogen (secondary N) is 1. The van der Waals surface area contributed by atoms with E-state index in [1.807, 2.05) is 35.2 Å². The topological polar surface area (TPSA) is 75.0 Å². The van der Waals surface area contributed by atoms with Gasteiger partial charge in [-0.25, -0.2) is 4.98 Å². The minimum absolute atomic E-state index is 0.0622. The quantitative estimate of drug-likeness (QED) is 0.807. The second-order valence-corrected chi connectivity index (χ2v) is 5.70. The SMILES string of the molecule is O=C(c1ccc(-c2cnc[nH]2)cc1)N1CCC(c2ccon2)C1. The normalized spacial score (nSPS) is 17.6. The van der Waals surface area contributed by atoms with E-state index in [1.165, 1.54) is 0 Å². The molecule has 6 nitrogen and oxygen atoms in total. The van der Waals surface area contributed by atoms with Gasteiger partial charge in [-0.2, -0.15) is 0 Å². The first-order chi connectivity index (χ1) is 11.3. The number of aromatic amines is 1. The number of nitrogens with zero attached hydrogens (tertiary/aromatic N) is 3. The highest BCUT2D eigenvalue weighted by molar-refractivity contribution is 5.94. The molecule has 2 aromatic heterocycles. The molecule has 1 aromatic carbocycles. The summed E-state index contributed by atoms with van der Waals surface area (Å²) in [6.07, 6.45) is 5.90. The van der Waals surface area contributed by atoms with Crippen LogP contribution in [0.25, 0.3) is 11.3 Å². The molecule has 3 heterocycles. The first-order valence-corrected chi connectivity index (χ1v) is 7.59. The van der Waals surface area contributed by atoms with Crippen molar-refractivity contribution in [3.63, 3.8) is 0 Å². The maximum atomic E-state index is 12.6. The lowest BCUT2D eigenvalue weighted by Gasteiger charge is -2.16. The number of hydrogen-bond donors (Lipinski definition) is 1. The number of H-pyrrole nitrogens is 1. The van der Waals surface area contributed by atoms with Crippen molar-refractivity contribution in [3.05, 3.63) is 60.4 Å². The van der Waals surface area contributed by atoms with Crippen molar-refractivity contribution < 1.29 is 9.32 Å². The molecule has 116 valence electrons. The van der Waals surface area contributed by atoms with Gasteiger partial charge in [-0.1, -0.05) is 17.3 Å². The Hall–Kier alpha value is -2.89. The zero-order chi connectivity index (χ0) is 15.6. The third-order valence-corrected chi connectivity index (χ3v) is 4.29. The number of likely N-dealkylation sites (tertiary alicyclic amines) is 1. The molecule has 1 amide bonds. The summed E-state index contributed by atoms with van der Waals surface area (Å²) in [5.74, 6) is 0.328. The van der Waals surface area contributed by atoms with Crippen molar-refractivity contribution in [2.45, 2.75) is 12.3 Å². The Morgan fingerprint density at radius 3 is 2.83 bits per heavy atom. The highest BCUT2D eigenvalue weighted by Crippen LogP contribution is 2.27. The van der Waals surface area contributed by atoms with Crippen LogP contribution in [-0.2, 0) is 0 Å². The van der Waals surface area contributed by atoms with Crippen LogP contribution in [0.2, 0.25) is 0 Å². The fourth-order valence-electron chi connectivity index (χ4n) is 3.01. The Morgan fingerprint density at radius 2 is 2.13 bits per heavy atom. The van der Waals surface area contributed by atoms with E-state index in [4.69, 9.17) is 4.52 Å². The van der Waals surface area contributed by atoms with E-state index in [0.29, 0.717) is 12.1 Å². The molecule has 6 heteroatoms. The number of carbonyl (C=O) groups is 1. The van der Waals surface area contributed by atoms with E-state index in [2.05, 4.69) is 15.1 Å². The van der Waals surface area contributed by atoms with Gasteiger partial charge in [0, 0.05) is 30.6 Å². The van der Waals surface area contributed by atoms with Gasteiger partial charge >= 0.3 is 0 Å². The number of carbonyl (C=O) groups excluding carboxylic acids is 1. The van der Waals surface area contributed by atoms with Crippen LogP contribution in [0.4, 0.5) is 0 Å². The Bertz CT molecular complexity index is 779. The summed E-state index contributed by atoms with van der Waals surface area (Å²) >= 11 is 0. The highest BCUT2D eigenvalue weighted by Gasteiger charge is 2.29. The van der Waals surface area contributed by atoms with Gasteiger partial charge in [-0.3, -0.25) is 4.79 Å². The molecule has 1 aliphatic heterocycles. The fraction of sp³-hybridized carbons (Fsp3) is 0.235. The predicted molar refractivity (Wildman–Crippen MR) is 83.8 cm³/mol. The molecule has 1 saturated heterocycles. The minimum Gasteiger partial charge on any atom is -0.365 e. The third kappa shape index (κ3) is 2.63. The summed E-state index contributed by atoms with van der Waals surface area (Å²) in [6, 6.07) is 9.47. The maximum Gasteiger partial charge on any atom is 0.253 e. The monoisotopic (exact) mass is 308 g/mol. The average Bonchev–Trinajstić information content (AvgIpc) is 3.36.